The smallest absolute Gasteiger partial charge is 0.0912 e. The quantitative estimate of drug-likeness (QED) is 0.547. The highest BCUT2D eigenvalue weighted by atomic mass is 15.2. The molecule has 0 amide bonds. The second-order valence-corrected chi connectivity index (χ2v) is 2.46. The van der Waals surface area contributed by atoms with Crippen molar-refractivity contribution in [2.45, 2.75) is 12.1 Å². The molecule has 0 aromatic heterocycles. The van der Waals surface area contributed by atoms with Crippen molar-refractivity contribution in [2.75, 3.05) is 14.1 Å². The van der Waals surface area contributed by atoms with E-state index in [1.54, 1.807) is 0 Å². The predicted molar refractivity (Wildman–Crippen MR) is 43.7 cm³/mol. The fraction of sp³-hybridized carbons (Fsp3) is 0.500. The van der Waals surface area contributed by atoms with Crippen molar-refractivity contribution in [3.8, 4) is 0 Å². The van der Waals surface area contributed by atoms with E-state index in [1.165, 1.54) is 0 Å². The van der Waals surface area contributed by atoms with Crippen molar-refractivity contribution in [3.05, 3.63) is 24.3 Å². The molecule has 2 nitrogen and oxygen atoms in total. The Morgan fingerprint density at radius 3 is 2.20 bits per heavy atom. The fourth-order valence-corrected chi connectivity index (χ4v) is 1.12. The van der Waals surface area contributed by atoms with Crippen LogP contribution in [0.2, 0.25) is 0 Å². The molecule has 0 spiro atoms. The number of rotatable bonds is 2. The Labute approximate surface area is 62.0 Å². The van der Waals surface area contributed by atoms with Gasteiger partial charge in [-0.25, -0.2) is 0 Å². The lowest BCUT2D eigenvalue weighted by molar-refractivity contribution is 0.376. The van der Waals surface area contributed by atoms with Gasteiger partial charge in [-0.3, -0.25) is 10.6 Å². The zero-order valence-corrected chi connectivity index (χ0v) is 6.52. The minimum absolute atomic E-state index is 0.00521. The Hall–Kier alpha value is -0.600. The van der Waals surface area contributed by atoms with Crippen LogP contribution in [0.25, 0.3) is 0 Å². The highest BCUT2D eigenvalue weighted by molar-refractivity contribution is 5.19. The van der Waals surface area contributed by atoms with Crippen molar-refractivity contribution >= 4 is 0 Å². The number of nitrogens with one attached hydrogen (secondary N) is 2. The molecule has 10 heavy (non-hydrogen) atoms. The van der Waals surface area contributed by atoms with Gasteiger partial charge in [0.1, 0.15) is 0 Å². The van der Waals surface area contributed by atoms with E-state index in [2.05, 4.69) is 34.9 Å². The van der Waals surface area contributed by atoms with Crippen LogP contribution in [0.5, 0.6) is 0 Å². The SMILES string of the molecule is CNC1(NC)C=CC=CC1. The maximum Gasteiger partial charge on any atom is 0.0912 e. The molecule has 1 aliphatic carbocycles. The van der Waals surface area contributed by atoms with Gasteiger partial charge in [0.25, 0.3) is 0 Å². The summed E-state index contributed by atoms with van der Waals surface area (Å²) in [5, 5.41) is 6.44. The molecule has 1 aliphatic rings. The molecule has 1 rings (SSSR count). The molecular formula is C8H14N2. The Balaban J connectivity index is 2.66. The van der Waals surface area contributed by atoms with E-state index in [0.717, 1.165) is 6.42 Å². The molecule has 0 bridgehead atoms. The molecule has 0 aromatic carbocycles. The third-order valence-corrected chi connectivity index (χ3v) is 1.96. The van der Waals surface area contributed by atoms with Crippen LogP contribution in [0.1, 0.15) is 6.42 Å². The highest BCUT2D eigenvalue weighted by Crippen LogP contribution is 2.12. The molecule has 2 heteroatoms. The monoisotopic (exact) mass is 138 g/mol. The van der Waals surface area contributed by atoms with Crippen LogP contribution in [0.15, 0.2) is 24.3 Å². The van der Waals surface area contributed by atoms with Crippen molar-refractivity contribution in [2.24, 2.45) is 0 Å². The van der Waals surface area contributed by atoms with E-state index in [4.69, 9.17) is 0 Å². The maximum absolute atomic E-state index is 3.22. The highest BCUT2D eigenvalue weighted by Gasteiger charge is 2.21. The van der Waals surface area contributed by atoms with E-state index in [9.17, 15) is 0 Å². The summed E-state index contributed by atoms with van der Waals surface area (Å²) in [5.41, 5.74) is -0.00521. The molecule has 0 fully saturated rings. The number of likely N-dealkylation sites (N-methyl/N-ethyl adjacent to an activating group) is 2. The van der Waals surface area contributed by atoms with Crippen molar-refractivity contribution < 1.29 is 0 Å². The topological polar surface area (TPSA) is 24.1 Å². The number of allylic oxidation sites excluding steroid dienone is 2. The van der Waals surface area contributed by atoms with Crippen LogP contribution < -0.4 is 10.6 Å². The van der Waals surface area contributed by atoms with E-state index >= 15 is 0 Å². The zero-order chi connectivity index (χ0) is 7.45. The first-order valence-corrected chi connectivity index (χ1v) is 3.55. The summed E-state index contributed by atoms with van der Waals surface area (Å²) >= 11 is 0. The standard InChI is InChI=1S/C8H14N2/c1-9-8(10-2)6-4-3-5-7-8/h3-6,9-10H,7H2,1-2H3. The maximum atomic E-state index is 3.22. The number of hydrogen-bond acceptors (Lipinski definition) is 2. The molecule has 56 valence electrons. The Morgan fingerprint density at radius 1 is 1.20 bits per heavy atom. The zero-order valence-electron chi connectivity index (χ0n) is 6.52. The van der Waals surface area contributed by atoms with Gasteiger partial charge < -0.3 is 0 Å². The molecule has 0 unspecified atom stereocenters. The first-order chi connectivity index (χ1) is 4.83. The molecule has 0 saturated carbocycles. The van der Waals surface area contributed by atoms with Gasteiger partial charge in [-0.05, 0) is 20.2 Å². The van der Waals surface area contributed by atoms with Crippen molar-refractivity contribution in [3.63, 3.8) is 0 Å². The van der Waals surface area contributed by atoms with Gasteiger partial charge >= 0.3 is 0 Å². The third kappa shape index (κ3) is 1.28. The van der Waals surface area contributed by atoms with Gasteiger partial charge in [-0.15, -0.1) is 0 Å². The molecule has 0 aromatic rings. The summed E-state index contributed by atoms with van der Waals surface area (Å²) in [4.78, 5) is 0. The summed E-state index contributed by atoms with van der Waals surface area (Å²) in [5.74, 6) is 0. The van der Waals surface area contributed by atoms with Gasteiger partial charge in [0.2, 0.25) is 0 Å². The Morgan fingerprint density at radius 2 is 1.90 bits per heavy atom. The lowest BCUT2D eigenvalue weighted by atomic mass is 10.0. The van der Waals surface area contributed by atoms with Crippen LogP contribution in [-0.2, 0) is 0 Å². The second-order valence-electron chi connectivity index (χ2n) is 2.46. The van der Waals surface area contributed by atoms with E-state index in [1.807, 2.05) is 14.1 Å². The average Bonchev–Trinajstić information content (AvgIpc) is 2.06. The largest absolute Gasteiger partial charge is 0.299 e. The van der Waals surface area contributed by atoms with Gasteiger partial charge in [0, 0.05) is 6.42 Å². The molecule has 0 atom stereocenters. The molecule has 0 radical (unpaired) electrons. The van der Waals surface area contributed by atoms with Crippen molar-refractivity contribution in [1.29, 1.82) is 0 Å². The van der Waals surface area contributed by atoms with E-state index < -0.39 is 0 Å². The minimum atomic E-state index is -0.00521. The Bertz CT molecular complexity index is 155. The summed E-state index contributed by atoms with van der Waals surface area (Å²) in [6.07, 6.45) is 9.40. The molecular weight excluding hydrogens is 124 g/mol. The van der Waals surface area contributed by atoms with Crippen LogP contribution >= 0.6 is 0 Å². The summed E-state index contributed by atoms with van der Waals surface area (Å²) in [6.45, 7) is 0. The number of hydrogen-bond donors (Lipinski definition) is 2. The summed E-state index contributed by atoms with van der Waals surface area (Å²) in [7, 11) is 3.92. The summed E-state index contributed by atoms with van der Waals surface area (Å²) < 4.78 is 0. The lowest BCUT2D eigenvalue weighted by Gasteiger charge is -2.30. The average molecular weight is 138 g/mol. The van der Waals surface area contributed by atoms with E-state index in [0.29, 0.717) is 0 Å². The molecule has 0 saturated heterocycles. The molecule has 0 heterocycles. The van der Waals surface area contributed by atoms with Gasteiger partial charge in [-0.2, -0.15) is 0 Å². The predicted octanol–water partition coefficient (Wildman–Crippen LogP) is 0.638. The minimum Gasteiger partial charge on any atom is -0.299 e. The second kappa shape index (κ2) is 2.99. The fourth-order valence-electron chi connectivity index (χ4n) is 1.12. The van der Waals surface area contributed by atoms with Gasteiger partial charge in [0.15, 0.2) is 0 Å². The molecule has 0 aliphatic heterocycles. The van der Waals surface area contributed by atoms with Crippen LogP contribution in [0, 0.1) is 0 Å². The van der Waals surface area contributed by atoms with E-state index in [-0.39, 0.29) is 5.66 Å². The lowest BCUT2D eigenvalue weighted by Crippen LogP contribution is -2.52. The summed E-state index contributed by atoms with van der Waals surface area (Å²) in [6, 6.07) is 0. The van der Waals surface area contributed by atoms with Crippen LogP contribution in [-0.4, -0.2) is 19.8 Å². The normalized spacial score (nSPS) is 21.4. The third-order valence-electron chi connectivity index (χ3n) is 1.96. The first kappa shape index (κ1) is 7.51. The van der Waals surface area contributed by atoms with Crippen LogP contribution in [0.3, 0.4) is 0 Å². The van der Waals surface area contributed by atoms with Gasteiger partial charge in [-0.1, -0.05) is 18.2 Å². The first-order valence-electron chi connectivity index (χ1n) is 3.55. The van der Waals surface area contributed by atoms with Crippen molar-refractivity contribution in [1.82, 2.24) is 10.6 Å². The van der Waals surface area contributed by atoms with Crippen LogP contribution in [0.4, 0.5) is 0 Å². The Kier molecular flexibility index (Phi) is 2.25. The van der Waals surface area contributed by atoms with Gasteiger partial charge in [0.05, 0.1) is 5.66 Å². The molecule has 2 N–H and O–H groups in total.